The van der Waals surface area contributed by atoms with Gasteiger partial charge in [0, 0.05) is 24.8 Å². The lowest BCUT2D eigenvalue weighted by Gasteiger charge is -2.33. The standard InChI is InChI=1S/C15H25N3/c1-3-9-16-14-8-5-10-18(11-14)12-15-7-4-6-13(2)17-15/h4,6-7,14,16H,3,5,8-12H2,1-2H3. The summed E-state index contributed by atoms with van der Waals surface area (Å²) in [4.78, 5) is 7.12. The van der Waals surface area contributed by atoms with E-state index < -0.39 is 0 Å². The van der Waals surface area contributed by atoms with Crippen LogP contribution in [0.15, 0.2) is 18.2 Å². The van der Waals surface area contributed by atoms with Crippen LogP contribution in [-0.2, 0) is 6.54 Å². The van der Waals surface area contributed by atoms with Crippen LogP contribution in [0.5, 0.6) is 0 Å². The molecule has 0 aliphatic carbocycles. The van der Waals surface area contributed by atoms with Crippen molar-refractivity contribution in [2.45, 2.75) is 45.7 Å². The molecule has 2 rings (SSSR count). The molecule has 1 aromatic rings. The summed E-state index contributed by atoms with van der Waals surface area (Å²) in [6, 6.07) is 6.97. The zero-order valence-corrected chi connectivity index (χ0v) is 11.7. The van der Waals surface area contributed by atoms with Crippen LogP contribution in [0.25, 0.3) is 0 Å². The highest BCUT2D eigenvalue weighted by atomic mass is 15.2. The van der Waals surface area contributed by atoms with E-state index in [1.807, 2.05) is 0 Å². The summed E-state index contributed by atoms with van der Waals surface area (Å²) < 4.78 is 0. The third kappa shape index (κ3) is 4.07. The number of nitrogens with one attached hydrogen (secondary N) is 1. The Morgan fingerprint density at radius 1 is 1.44 bits per heavy atom. The van der Waals surface area contributed by atoms with Crippen molar-refractivity contribution in [2.75, 3.05) is 19.6 Å². The van der Waals surface area contributed by atoms with Gasteiger partial charge in [0.25, 0.3) is 0 Å². The summed E-state index contributed by atoms with van der Waals surface area (Å²) in [7, 11) is 0. The van der Waals surface area contributed by atoms with Gasteiger partial charge in [-0.25, -0.2) is 0 Å². The summed E-state index contributed by atoms with van der Waals surface area (Å²) in [6.45, 7) is 8.79. The van der Waals surface area contributed by atoms with Crippen molar-refractivity contribution in [3.63, 3.8) is 0 Å². The minimum atomic E-state index is 0.670. The van der Waals surface area contributed by atoms with Crippen molar-refractivity contribution in [2.24, 2.45) is 0 Å². The zero-order chi connectivity index (χ0) is 12.8. The average Bonchev–Trinajstić information content (AvgIpc) is 2.37. The Balaban J connectivity index is 1.85. The third-order valence-electron chi connectivity index (χ3n) is 3.52. The largest absolute Gasteiger partial charge is 0.313 e. The van der Waals surface area contributed by atoms with E-state index in [1.54, 1.807) is 0 Å². The van der Waals surface area contributed by atoms with Crippen LogP contribution in [0.1, 0.15) is 37.6 Å². The molecule has 18 heavy (non-hydrogen) atoms. The molecule has 1 atom stereocenters. The van der Waals surface area contributed by atoms with Crippen molar-refractivity contribution in [3.05, 3.63) is 29.6 Å². The molecular formula is C15H25N3. The fourth-order valence-corrected chi connectivity index (χ4v) is 2.63. The van der Waals surface area contributed by atoms with Gasteiger partial charge in [-0.3, -0.25) is 9.88 Å². The Morgan fingerprint density at radius 2 is 2.33 bits per heavy atom. The maximum Gasteiger partial charge on any atom is 0.0547 e. The second-order valence-corrected chi connectivity index (χ2v) is 5.30. The summed E-state index contributed by atoms with van der Waals surface area (Å²) in [5.74, 6) is 0. The number of piperidine rings is 1. The minimum absolute atomic E-state index is 0.670. The van der Waals surface area contributed by atoms with Crippen molar-refractivity contribution in [1.82, 2.24) is 15.2 Å². The van der Waals surface area contributed by atoms with Crippen LogP contribution in [-0.4, -0.2) is 35.6 Å². The van der Waals surface area contributed by atoms with E-state index in [0.717, 1.165) is 25.3 Å². The highest BCUT2D eigenvalue weighted by Gasteiger charge is 2.19. The minimum Gasteiger partial charge on any atom is -0.313 e. The number of likely N-dealkylation sites (tertiary alicyclic amines) is 1. The summed E-state index contributed by atoms with van der Waals surface area (Å²) in [5, 5.41) is 3.64. The first-order chi connectivity index (χ1) is 8.78. The van der Waals surface area contributed by atoms with Gasteiger partial charge in [0.05, 0.1) is 5.69 Å². The lowest BCUT2D eigenvalue weighted by atomic mass is 10.1. The average molecular weight is 247 g/mol. The van der Waals surface area contributed by atoms with Crippen molar-refractivity contribution >= 4 is 0 Å². The molecule has 1 aliphatic heterocycles. The highest BCUT2D eigenvalue weighted by Crippen LogP contribution is 2.13. The SMILES string of the molecule is CCCNC1CCCN(Cc2cccc(C)n2)C1. The third-order valence-corrected chi connectivity index (χ3v) is 3.52. The zero-order valence-electron chi connectivity index (χ0n) is 11.7. The normalized spacial score (nSPS) is 21.1. The lowest BCUT2D eigenvalue weighted by molar-refractivity contribution is 0.182. The summed E-state index contributed by atoms with van der Waals surface area (Å²) in [5.41, 5.74) is 2.32. The first kappa shape index (κ1) is 13.5. The van der Waals surface area contributed by atoms with Crippen molar-refractivity contribution in [3.8, 4) is 0 Å². The quantitative estimate of drug-likeness (QED) is 0.865. The van der Waals surface area contributed by atoms with E-state index >= 15 is 0 Å². The molecule has 1 aromatic heterocycles. The molecule has 0 spiro atoms. The molecular weight excluding hydrogens is 222 g/mol. The van der Waals surface area contributed by atoms with Gasteiger partial charge in [-0.15, -0.1) is 0 Å². The van der Waals surface area contributed by atoms with Crippen LogP contribution >= 0.6 is 0 Å². The van der Waals surface area contributed by atoms with Crippen LogP contribution < -0.4 is 5.32 Å². The van der Waals surface area contributed by atoms with Gasteiger partial charge in [-0.1, -0.05) is 13.0 Å². The highest BCUT2D eigenvalue weighted by molar-refractivity contribution is 5.09. The summed E-state index contributed by atoms with van der Waals surface area (Å²) in [6.07, 6.45) is 3.83. The smallest absolute Gasteiger partial charge is 0.0547 e. The van der Waals surface area contributed by atoms with Gasteiger partial charge < -0.3 is 5.32 Å². The van der Waals surface area contributed by atoms with Gasteiger partial charge in [-0.05, 0) is 51.4 Å². The Hall–Kier alpha value is -0.930. The Morgan fingerprint density at radius 3 is 3.11 bits per heavy atom. The molecule has 0 aromatic carbocycles. The molecule has 2 heterocycles. The Labute approximate surface area is 111 Å². The predicted molar refractivity (Wildman–Crippen MR) is 75.6 cm³/mol. The first-order valence-electron chi connectivity index (χ1n) is 7.16. The van der Waals surface area contributed by atoms with E-state index in [2.05, 4.69) is 47.2 Å². The second kappa shape index (κ2) is 6.86. The van der Waals surface area contributed by atoms with E-state index in [9.17, 15) is 0 Å². The molecule has 0 amide bonds. The fraction of sp³-hybridized carbons (Fsp3) is 0.667. The molecule has 100 valence electrons. The number of hydrogen-bond acceptors (Lipinski definition) is 3. The van der Waals surface area contributed by atoms with Crippen LogP contribution in [0.4, 0.5) is 0 Å². The molecule has 0 radical (unpaired) electrons. The van der Waals surface area contributed by atoms with E-state index in [0.29, 0.717) is 6.04 Å². The maximum absolute atomic E-state index is 4.59. The first-order valence-corrected chi connectivity index (χ1v) is 7.16. The van der Waals surface area contributed by atoms with Gasteiger partial charge in [0.15, 0.2) is 0 Å². The number of hydrogen-bond donors (Lipinski definition) is 1. The van der Waals surface area contributed by atoms with Gasteiger partial charge >= 0.3 is 0 Å². The summed E-state index contributed by atoms with van der Waals surface area (Å²) >= 11 is 0. The maximum atomic E-state index is 4.59. The van der Waals surface area contributed by atoms with E-state index in [4.69, 9.17) is 0 Å². The predicted octanol–water partition coefficient (Wildman–Crippen LogP) is 2.35. The number of rotatable bonds is 5. The topological polar surface area (TPSA) is 28.2 Å². The van der Waals surface area contributed by atoms with E-state index in [1.165, 1.54) is 31.5 Å². The van der Waals surface area contributed by atoms with Crippen molar-refractivity contribution in [1.29, 1.82) is 0 Å². The van der Waals surface area contributed by atoms with Crippen molar-refractivity contribution < 1.29 is 0 Å². The van der Waals surface area contributed by atoms with Gasteiger partial charge in [0.1, 0.15) is 0 Å². The van der Waals surface area contributed by atoms with Crippen LogP contribution in [0.2, 0.25) is 0 Å². The molecule has 1 N–H and O–H groups in total. The number of aromatic nitrogens is 1. The molecule has 0 saturated carbocycles. The van der Waals surface area contributed by atoms with Gasteiger partial charge in [0.2, 0.25) is 0 Å². The Bertz CT molecular complexity index is 365. The molecule has 3 nitrogen and oxygen atoms in total. The second-order valence-electron chi connectivity index (χ2n) is 5.30. The van der Waals surface area contributed by atoms with E-state index in [-0.39, 0.29) is 0 Å². The number of aryl methyl sites for hydroxylation is 1. The van der Waals surface area contributed by atoms with Crippen LogP contribution in [0.3, 0.4) is 0 Å². The molecule has 1 saturated heterocycles. The molecule has 1 aliphatic rings. The Kier molecular flexibility index (Phi) is 5.14. The number of nitrogens with zero attached hydrogens (tertiary/aromatic N) is 2. The molecule has 1 fully saturated rings. The molecule has 1 unspecified atom stereocenters. The lowest BCUT2D eigenvalue weighted by Crippen LogP contribution is -2.45. The molecule has 3 heteroatoms. The molecule has 0 bridgehead atoms. The van der Waals surface area contributed by atoms with Crippen LogP contribution in [0, 0.1) is 6.92 Å². The number of pyridine rings is 1. The van der Waals surface area contributed by atoms with Gasteiger partial charge in [-0.2, -0.15) is 0 Å². The fourth-order valence-electron chi connectivity index (χ4n) is 2.63. The monoisotopic (exact) mass is 247 g/mol.